The first-order chi connectivity index (χ1) is 19.4. The molecule has 3 unspecified atom stereocenters. The minimum absolute atomic E-state index is 0.0219. The van der Waals surface area contributed by atoms with Crippen LogP contribution in [0.25, 0.3) is 6.08 Å². The van der Waals surface area contributed by atoms with Crippen LogP contribution in [-0.4, -0.2) is 86.3 Å². The molecule has 40 heavy (non-hydrogen) atoms. The van der Waals surface area contributed by atoms with Crippen LogP contribution in [0.1, 0.15) is 31.2 Å². The molecule has 2 aromatic rings. The Kier molecular flexibility index (Phi) is 9.60. The second-order valence-electron chi connectivity index (χ2n) is 10.9. The quantitative estimate of drug-likeness (QED) is 0.358. The monoisotopic (exact) mass is 582 g/mol. The number of piperazine rings is 1. The van der Waals surface area contributed by atoms with Crippen LogP contribution in [0.3, 0.4) is 0 Å². The summed E-state index contributed by atoms with van der Waals surface area (Å²) in [4.78, 5) is 33.7. The number of amides is 2. The predicted molar refractivity (Wildman–Crippen MR) is 164 cm³/mol. The lowest BCUT2D eigenvalue weighted by Crippen LogP contribution is -2.52. The fourth-order valence-electron chi connectivity index (χ4n) is 6.02. The van der Waals surface area contributed by atoms with Gasteiger partial charge in [0.25, 0.3) is 5.91 Å². The van der Waals surface area contributed by atoms with Gasteiger partial charge in [0.2, 0.25) is 5.91 Å². The fourth-order valence-corrected chi connectivity index (χ4v) is 7.68. The Balaban J connectivity index is 1.05. The van der Waals surface area contributed by atoms with Gasteiger partial charge in [-0.15, -0.1) is 11.8 Å². The van der Waals surface area contributed by atoms with Gasteiger partial charge >= 0.3 is 0 Å². The molecule has 5 rings (SSSR count). The number of fused-ring (bicyclic) bond motifs is 1. The summed E-state index contributed by atoms with van der Waals surface area (Å²) in [5.74, 6) is 0.866. The van der Waals surface area contributed by atoms with E-state index in [9.17, 15) is 9.59 Å². The first-order valence-corrected chi connectivity index (χ1v) is 15.5. The van der Waals surface area contributed by atoms with Crippen LogP contribution < -0.4 is 15.0 Å². The molecule has 214 valence electrons. The number of nitrogens with zero attached hydrogens (tertiary/aromatic N) is 3. The van der Waals surface area contributed by atoms with E-state index >= 15 is 0 Å². The molecule has 9 heteroatoms. The Bertz CT molecular complexity index is 1230. The Morgan fingerprint density at radius 2 is 1.93 bits per heavy atom. The molecule has 1 aliphatic carbocycles. The van der Waals surface area contributed by atoms with Crippen molar-refractivity contribution in [3.05, 3.63) is 64.0 Å². The van der Waals surface area contributed by atoms with E-state index in [4.69, 9.17) is 16.3 Å². The summed E-state index contributed by atoms with van der Waals surface area (Å²) in [5.41, 5.74) is 2.09. The standard InChI is InChI=1S/C31H39ClN4O3S/c1-34-26-19-23(11-12-28(26)40-29(31(34)38)20-22-7-3-4-10-27(22)39-2)30(37)33-13-6-14-35-15-17-36(18-16-35)25-9-5-8-24(32)21-25/h3-5,7-10,20-21,23,26,28H,6,11-19H2,1-2H3,(H,33,37)/b29-20+. The van der Waals surface area contributed by atoms with Gasteiger partial charge in [-0.05, 0) is 62.6 Å². The lowest BCUT2D eigenvalue weighted by Gasteiger charge is -2.44. The highest BCUT2D eigenvalue weighted by atomic mass is 35.5. The average Bonchev–Trinajstić information content (AvgIpc) is 2.98. The molecule has 2 heterocycles. The number of methoxy groups -OCH3 is 1. The van der Waals surface area contributed by atoms with Crippen LogP contribution in [0.15, 0.2) is 53.4 Å². The number of nitrogens with one attached hydrogen (secondary N) is 1. The molecule has 0 bridgehead atoms. The molecule has 2 aromatic carbocycles. The minimum Gasteiger partial charge on any atom is -0.496 e. The van der Waals surface area contributed by atoms with Crippen molar-refractivity contribution in [2.75, 3.05) is 58.3 Å². The molecule has 2 amide bonds. The van der Waals surface area contributed by atoms with Crippen LogP contribution in [0.5, 0.6) is 5.75 Å². The summed E-state index contributed by atoms with van der Waals surface area (Å²) >= 11 is 7.81. The third-order valence-corrected chi connectivity index (χ3v) is 9.99. The number of halogens is 1. The maximum absolute atomic E-state index is 13.2. The molecule has 1 N–H and O–H groups in total. The van der Waals surface area contributed by atoms with Crippen molar-refractivity contribution in [1.82, 2.24) is 15.1 Å². The lowest BCUT2D eigenvalue weighted by molar-refractivity contribution is -0.131. The minimum atomic E-state index is -0.0434. The number of likely N-dealkylation sites (N-methyl/N-ethyl adjacent to an activating group) is 1. The molecule has 2 aliphatic heterocycles. The van der Waals surface area contributed by atoms with Crippen molar-refractivity contribution in [3.63, 3.8) is 0 Å². The SMILES string of the molecule is COc1ccccc1/C=C1/SC2CCC(C(=O)NCCCN3CCN(c4cccc(Cl)c4)CC3)CC2N(C)C1=O. The molecular weight excluding hydrogens is 544 g/mol. The van der Waals surface area contributed by atoms with E-state index in [2.05, 4.69) is 21.2 Å². The summed E-state index contributed by atoms with van der Waals surface area (Å²) in [6.45, 7) is 5.66. The highest BCUT2D eigenvalue weighted by Gasteiger charge is 2.42. The van der Waals surface area contributed by atoms with Crippen LogP contribution in [0, 0.1) is 5.92 Å². The van der Waals surface area contributed by atoms with Gasteiger partial charge in [0.15, 0.2) is 0 Å². The second-order valence-corrected chi connectivity index (χ2v) is 12.6. The van der Waals surface area contributed by atoms with Crippen molar-refractivity contribution < 1.29 is 14.3 Å². The molecule has 0 aromatic heterocycles. The molecule has 3 fully saturated rings. The molecule has 7 nitrogen and oxygen atoms in total. The first kappa shape index (κ1) is 28.8. The summed E-state index contributed by atoms with van der Waals surface area (Å²) in [5, 5.41) is 4.26. The van der Waals surface area contributed by atoms with Crippen molar-refractivity contribution in [3.8, 4) is 5.75 Å². The van der Waals surface area contributed by atoms with Gasteiger partial charge in [-0.2, -0.15) is 0 Å². The van der Waals surface area contributed by atoms with E-state index in [1.165, 1.54) is 5.69 Å². The Labute approximate surface area is 246 Å². The zero-order chi connectivity index (χ0) is 28.1. The van der Waals surface area contributed by atoms with Gasteiger partial charge in [-0.1, -0.05) is 35.9 Å². The number of para-hydroxylation sites is 1. The normalized spacial score (nSPS) is 24.6. The molecule has 3 aliphatic rings. The number of hydrogen-bond acceptors (Lipinski definition) is 6. The van der Waals surface area contributed by atoms with Crippen molar-refractivity contribution in [2.24, 2.45) is 5.92 Å². The highest BCUT2D eigenvalue weighted by molar-refractivity contribution is 8.04. The van der Waals surface area contributed by atoms with Crippen molar-refractivity contribution >= 4 is 46.9 Å². The topological polar surface area (TPSA) is 65.1 Å². The average molecular weight is 583 g/mol. The number of anilines is 1. The molecule has 0 spiro atoms. The van der Waals surface area contributed by atoms with E-state index < -0.39 is 0 Å². The van der Waals surface area contributed by atoms with Crippen LogP contribution in [0.2, 0.25) is 5.02 Å². The number of benzene rings is 2. The van der Waals surface area contributed by atoms with Crippen LogP contribution >= 0.6 is 23.4 Å². The molecular formula is C31H39ClN4O3S. The zero-order valence-electron chi connectivity index (χ0n) is 23.4. The van der Waals surface area contributed by atoms with E-state index in [-0.39, 0.29) is 23.8 Å². The Morgan fingerprint density at radius 1 is 1.12 bits per heavy atom. The Hall–Kier alpha value is -2.68. The summed E-state index contributed by atoms with van der Waals surface area (Å²) in [7, 11) is 3.52. The lowest BCUT2D eigenvalue weighted by atomic mass is 9.83. The second kappa shape index (κ2) is 13.3. The Morgan fingerprint density at radius 3 is 2.70 bits per heavy atom. The number of hydrogen-bond donors (Lipinski definition) is 1. The fraction of sp³-hybridized carbons (Fsp3) is 0.484. The van der Waals surface area contributed by atoms with Crippen LogP contribution in [0.4, 0.5) is 5.69 Å². The van der Waals surface area contributed by atoms with Gasteiger partial charge in [-0.25, -0.2) is 0 Å². The smallest absolute Gasteiger partial charge is 0.260 e. The van der Waals surface area contributed by atoms with E-state index in [0.717, 1.165) is 79.6 Å². The number of rotatable bonds is 8. The molecule has 3 atom stereocenters. The predicted octanol–water partition coefficient (Wildman–Crippen LogP) is 4.76. The van der Waals surface area contributed by atoms with Gasteiger partial charge in [0, 0.05) is 73.3 Å². The van der Waals surface area contributed by atoms with E-state index in [1.807, 2.05) is 60.5 Å². The summed E-state index contributed by atoms with van der Waals surface area (Å²) in [6.07, 6.45) is 5.38. The largest absolute Gasteiger partial charge is 0.496 e. The third kappa shape index (κ3) is 6.78. The van der Waals surface area contributed by atoms with Gasteiger partial charge in [0.1, 0.15) is 5.75 Å². The molecule has 2 saturated heterocycles. The maximum Gasteiger partial charge on any atom is 0.260 e. The maximum atomic E-state index is 13.2. The van der Waals surface area contributed by atoms with Crippen LogP contribution in [-0.2, 0) is 9.59 Å². The van der Waals surface area contributed by atoms with E-state index in [0.29, 0.717) is 11.8 Å². The van der Waals surface area contributed by atoms with Gasteiger partial charge in [0.05, 0.1) is 12.0 Å². The van der Waals surface area contributed by atoms with Crippen molar-refractivity contribution in [2.45, 2.75) is 37.0 Å². The zero-order valence-corrected chi connectivity index (χ0v) is 24.9. The summed E-state index contributed by atoms with van der Waals surface area (Å²) < 4.78 is 5.46. The number of carbonyl (C=O) groups excluding carboxylic acids is 2. The van der Waals surface area contributed by atoms with Crippen molar-refractivity contribution in [1.29, 1.82) is 0 Å². The summed E-state index contributed by atoms with van der Waals surface area (Å²) in [6, 6.07) is 15.9. The number of carbonyl (C=O) groups is 2. The highest BCUT2D eigenvalue weighted by Crippen LogP contribution is 2.43. The molecule has 0 radical (unpaired) electrons. The first-order valence-electron chi connectivity index (χ1n) is 14.2. The van der Waals surface area contributed by atoms with Gasteiger partial charge < -0.3 is 19.9 Å². The van der Waals surface area contributed by atoms with Gasteiger partial charge in [-0.3, -0.25) is 14.5 Å². The number of ether oxygens (including phenoxy) is 1. The molecule has 1 saturated carbocycles. The number of thioether (sulfide) groups is 1. The third-order valence-electron chi connectivity index (χ3n) is 8.35. The van der Waals surface area contributed by atoms with E-state index in [1.54, 1.807) is 18.9 Å².